The minimum Gasteiger partial charge on any atom is -0.512 e. The lowest BCUT2D eigenvalue weighted by molar-refractivity contribution is -0.161. The first-order valence-electron chi connectivity index (χ1n) is 13.7. The van der Waals surface area contributed by atoms with Crippen molar-refractivity contribution in [2.24, 2.45) is 0 Å². The van der Waals surface area contributed by atoms with Gasteiger partial charge in [-0.3, -0.25) is 4.72 Å². The first kappa shape index (κ1) is 31.1. The Hall–Kier alpha value is -3.86. The Morgan fingerprint density at radius 2 is 1.79 bits per heavy atom. The number of hydrogen-bond donors (Lipinski definition) is 2. The molecule has 0 bridgehead atoms. The number of halogens is 3. The number of ether oxygens (including phenoxy) is 1. The summed E-state index contributed by atoms with van der Waals surface area (Å²) >= 11 is 0. The number of anilines is 1. The molecule has 4 rings (SSSR count). The zero-order valence-electron chi connectivity index (χ0n) is 23.3. The predicted molar refractivity (Wildman–Crippen MR) is 152 cm³/mol. The maximum absolute atomic E-state index is 13.4. The Labute approximate surface area is 243 Å². The predicted octanol–water partition coefficient (Wildman–Crippen LogP) is 7.33. The summed E-state index contributed by atoms with van der Waals surface area (Å²) in [7, 11) is -4.30. The van der Waals surface area contributed by atoms with Gasteiger partial charge in [-0.2, -0.15) is 21.6 Å². The fraction of sp³-hybridized carbons (Fsp3) is 0.355. The molecule has 1 unspecified atom stereocenters. The highest BCUT2D eigenvalue weighted by Gasteiger charge is 2.43. The minimum atomic E-state index is -4.65. The lowest BCUT2D eigenvalue weighted by Gasteiger charge is -2.38. The zero-order valence-corrected chi connectivity index (χ0v) is 24.1. The van der Waals surface area contributed by atoms with Crippen LogP contribution in [0.25, 0.3) is 0 Å². The van der Waals surface area contributed by atoms with Crippen molar-refractivity contribution in [3.05, 3.63) is 101 Å². The number of aliphatic hydroxyl groups is 1. The number of carbonyl (C=O) groups is 1. The van der Waals surface area contributed by atoms with Crippen molar-refractivity contribution in [2.75, 3.05) is 4.72 Å². The van der Waals surface area contributed by atoms with Gasteiger partial charge in [-0.05, 0) is 61.1 Å². The number of cyclic esters (lactones) is 1. The van der Waals surface area contributed by atoms with Crippen LogP contribution in [0.1, 0.15) is 68.6 Å². The number of sulfonamides is 1. The molecule has 1 aliphatic heterocycles. The summed E-state index contributed by atoms with van der Waals surface area (Å²) in [6.07, 6.45) is -1.00. The summed E-state index contributed by atoms with van der Waals surface area (Å²) in [5.41, 5.74) is 0.0252. The molecule has 0 aliphatic carbocycles. The van der Waals surface area contributed by atoms with E-state index < -0.39 is 44.3 Å². The number of rotatable bonds is 11. The largest absolute Gasteiger partial charge is 0.512 e. The average Bonchev–Trinajstić information content (AvgIpc) is 2.94. The molecule has 7 nitrogen and oxygen atoms in total. The third kappa shape index (κ3) is 7.13. The quantitative estimate of drug-likeness (QED) is 0.223. The molecule has 42 heavy (non-hydrogen) atoms. The van der Waals surface area contributed by atoms with E-state index in [-0.39, 0.29) is 23.4 Å². The van der Waals surface area contributed by atoms with E-state index in [1.165, 1.54) is 12.1 Å². The van der Waals surface area contributed by atoms with Gasteiger partial charge in [0.2, 0.25) is 0 Å². The monoisotopic (exact) mass is 602 g/mol. The number of aromatic nitrogens is 1. The fourth-order valence-electron chi connectivity index (χ4n) is 5.37. The number of nitrogens with one attached hydrogen (secondary N) is 1. The summed E-state index contributed by atoms with van der Waals surface area (Å²) in [6, 6.07) is 17.6. The summed E-state index contributed by atoms with van der Waals surface area (Å²) in [5.74, 6) is -1.23. The van der Waals surface area contributed by atoms with E-state index in [4.69, 9.17) is 4.74 Å². The van der Waals surface area contributed by atoms with Crippen molar-refractivity contribution >= 4 is 21.7 Å². The number of nitrogens with zero attached hydrogens (tertiary/aromatic N) is 1. The Bertz CT molecular complexity index is 1540. The van der Waals surface area contributed by atoms with Crippen LogP contribution in [0, 0.1) is 0 Å². The molecule has 2 heterocycles. The van der Waals surface area contributed by atoms with E-state index in [1.54, 1.807) is 12.1 Å². The zero-order chi connectivity index (χ0) is 30.5. The second kappa shape index (κ2) is 12.6. The maximum Gasteiger partial charge on any atom is 0.417 e. The fourth-order valence-corrected chi connectivity index (χ4v) is 6.35. The Balaban J connectivity index is 1.57. The smallest absolute Gasteiger partial charge is 0.417 e. The number of benzene rings is 2. The van der Waals surface area contributed by atoms with Crippen molar-refractivity contribution in [1.29, 1.82) is 0 Å². The molecule has 1 aliphatic rings. The van der Waals surface area contributed by atoms with Crippen LogP contribution in [-0.4, -0.2) is 30.1 Å². The molecule has 3 aromatic rings. The molecule has 0 amide bonds. The second-order valence-electron chi connectivity index (χ2n) is 10.4. The number of hydrogen-bond acceptors (Lipinski definition) is 6. The summed E-state index contributed by atoms with van der Waals surface area (Å²) in [6.45, 7) is 3.83. The Morgan fingerprint density at radius 3 is 2.38 bits per heavy atom. The summed E-state index contributed by atoms with van der Waals surface area (Å²) in [5, 5.41) is 10.6. The van der Waals surface area contributed by atoms with E-state index >= 15 is 0 Å². The number of aliphatic hydroxyl groups excluding tert-OH is 1. The van der Waals surface area contributed by atoms with Crippen LogP contribution >= 0.6 is 0 Å². The highest BCUT2D eigenvalue weighted by molar-refractivity contribution is 7.92. The van der Waals surface area contributed by atoms with Gasteiger partial charge in [0, 0.05) is 24.2 Å². The van der Waals surface area contributed by atoms with Crippen LogP contribution in [0.15, 0.2) is 89.3 Å². The number of carbonyl (C=O) groups excluding carboxylic acids is 1. The molecule has 1 aromatic heterocycles. The number of alkyl halides is 3. The molecule has 2 N–H and O–H groups in total. The molecule has 0 radical (unpaired) electrons. The normalized spacial score (nSPS) is 18.5. The first-order valence-corrected chi connectivity index (χ1v) is 15.2. The van der Waals surface area contributed by atoms with Gasteiger partial charge in [0.1, 0.15) is 11.4 Å². The topological polar surface area (TPSA) is 106 Å². The SMILES string of the molecule is CCC[C@@]1(CCc2ccccc2)CC(O)=C(C(CC)c2cccc(NS(=O)(=O)c3ccc(C(F)(F)F)cn3)c2)C(=O)O1. The summed E-state index contributed by atoms with van der Waals surface area (Å²) in [4.78, 5) is 16.9. The van der Waals surface area contributed by atoms with Crippen LogP contribution in [-0.2, 0) is 32.2 Å². The van der Waals surface area contributed by atoms with Crippen molar-refractivity contribution < 1.29 is 36.2 Å². The van der Waals surface area contributed by atoms with Crippen molar-refractivity contribution in [2.45, 2.75) is 75.1 Å². The van der Waals surface area contributed by atoms with Crippen LogP contribution in [0.5, 0.6) is 0 Å². The van der Waals surface area contributed by atoms with Crippen LogP contribution in [0.2, 0.25) is 0 Å². The molecule has 0 fully saturated rings. The molecule has 0 saturated carbocycles. The van der Waals surface area contributed by atoms with E-state index in [2.05, 4.69) is 9.71 Å². The maximum atomic E-state index is 13.4. The van der Waals surface area contributed by atoms with Gasteiger partial charge < -0.3 is 9.84 Å². The van der Waals surface area contributed by atoms with Gasteiger partial charge in [0.15, 0.2) is 5.03 Å². The first-order chi connectivity index (χ1) is 19.9. The van der Waals surface area contributed by atoms with E-state index in [1.807, 2.05) is 44.2 Å². The minimum absolute atomic E-state index is 0.0421. The molecule has 0 saturated heterocycles. The van der Waals surface area contributed by atoms with E-state index in [0.29, 0.717) is 43.5 Å². The van der Waals surface area contributed by atoms with Crippen molar-refractivity contribution in [3.8, 4) is 0 Å². The second-order valence-corrected chi connectivity index (χ2v) is 12.0. The van der Waals surface area contributed by atoms with Crippen LogP contribution in [0.4, 0.5) is 18.9 Å². The Kier molecular flexibility index (Phi) is 9.30. The van der Waals surface area contributed by atoms with E-state index in [9.17, 15) is 31.5 Å². The third-order valence-electron chi connectivity index (χ3n) is 7.38. The van der Waals surface area contributed by atoms with Gasteiger partial charge in [-0.15, -0.1) is 0 Å². The van der Waals surface area contributed by atoms with Crippen LogP contribution < -0.4 is 4.72 Å². The van der Waals surface area contributed by atoms with Gasteiger partial charge in [0.25, 0.3) is 10.0 Å². The molecule has 0 spiro atoms. The van der Waals surface area contributed by atoms with Gasteiger partial charge in [0.05, 0.1) is 11.1 Å². The number of pyridine rings is 1. The molecular weight excluding hydrogens is 569 g/mol. The Morgan fingerprint density at radius 1 is 1.05 bits per heavy atom. The summed E-state index contributed by atoms with van der Waals surface area (Å²) < 4.78 is 72.6. The van der Waals surface area contributed by atoms with Gasteiger partial charge in [-0.25, -0.2) is 9.78 Å². The van der Waals surface area contributed by atoms with Crippen molar-refractivity contribution in [1.82, 2.24) is 4.98 Å². The molecule has 2 atom stereocenters. The van der Waals surface area contributed by atoms with E-state index in [0.717, 1.165) is 18.1 Å². The molecule has 2 aromatic carbocycles. The van der Waals surface area contributed by atoms with Gasteiger partial charge >= 0.3 is 12.1 Å². The lowest BCUT2D eigenvalue weighted by atomic mass is 9.80. The van der Waals surface area contributed by atoms with Crippen LogP contribution in [0.3, 0.4) is 0 Å². The number of aryl methyl sites for hydroxylation is 1. The highest BCUT2D eigenvalue weighted by atomic mass is 32.2. The molecule has 11 heteroatoms. The molecule has 224 valence electrons. The van der Waals surface area contributed by atoms with Crippen molar-refractivity contribution in [3.63, 3.8) is 0 Å². The third-order valence-corrected chi connectivity index (χ3v) is 8.68. The van der Waals surface area contributed by atoms with Gasteiger partial charge in [-0.1, -0.05) is 62.7 Å². The number of esters is 1. The standard InChI is InChI=1S/C31H33F3N2O5S/c1-3-16-30(17-15-21-9-6-5-7-10-21)19-26(37)28(29(38)41-30)25(4-2)22-11-8-12-24(18-22)36-42(39,40)27-14-13-23(20-35-27)31(32,33)34/h5-14,18,20,25,36-37H,3-4,15-17,19H2,1-2H3/t25?,30-/m1/s1. The average molecular weight is 603 g/mol. The highest BCUT2D eigenvalue weighted by Crippen LogP contribution is 2.42. The lowest BCUT2D eigenvalue weighted by Crippen LogP contribution is -2.41. The molecular formula is C31H33F3N2O5S.